The lowest BCUT2D eigenvalue weighted by molar-refractivity contribution is -0.127. The SMILES string of the molecule is CC[C@H](C)[C@@H](C(=O)NC1CCc2cc(OC)c(OC)cc21)n1cnnn1. The summed E-state index contributed by atoms with van der Waals surface area (Å²) in [5.74, 6) is 1.43. The van der Waals surface area contributed by atoms with Gasteiger partial charge in [0.1, 0.15) is 12.4 Å². The van der Waals surface area contributed by atoms with E-state index in [1.807, 2.05) is 19.1 Å². The fourth-order valence-corrected chi connectivity index (χ4v) is 3.50. The van der Waals surface area contributed by atoms with Gasteiger partial charge in [0.25, 0.3) is 0 Å². The summed E-state index contributed by atoms with van der Waals surface area (Å²) in [5, 5.41) is 14.5. The minimum Gasteiger partial charge on any atom is -0.493 e. The number of nitrogens with one attached hydrogen (secondary N) is 1. The van der Waals surface area contributed by atoms with Crippen molar-refractivity contribution in [3.8, 4) is 11.5 Å². The molecule has 2 aromatic rings. The van der Waals surface area contributed by atoms with E-state index in [2.05, 4.69) is 27.8 Å². The molecule has 26 heavy (non-hydrogen) atoms. The molecule has 1 aliphatic carbocycles. The number of nitrogens with zero attached hydrogens (tertiary/aromatic N) is 4. The predicted octanol–water partition coefficient (Wildman–Crippen LogP) is 2.08. The van der Waals surface area contributed by atoms with E-state index in [4.69, 9.17) is 9.47 Å². The Hall–Kier alpha value is -2.64. The summed E-state index contributed by atoms with van der Waals surface area (Å²) in [6.07, 6.45) is 4.08. The van der Waals surface area contributed by atoms with Gasteiger partial charge in [0.2, 0.25) is 5.91 Å². The molecule has 140 valence electrons. The summed E-state index contributed by atoms with van der Waals surface area (Å²) >= 11 is 0. The summed E-state index contributed by atoms with van der Waals surface area (Å²) in [6, 6.07) is 3.47. The molecule has 0 aliphatic heterocycles. The maximum atomic E-state index is 13.0. The predicted molar refractivity (Wildman–Crippen MR) is 95.1 cm³/mol. The van der Waals surface area contributed by atoms with Crippen molar-refractivity contribution in [2.75, 3.05) is 14.2 Å². The monoisotopic (exact) mass is 359 g/mol. The minimum atomic E-state index is -0.431. The second kappa shape index (κ2) is 7.72. The summed E-state index contributed by atoms with van der Waals surface area (Å²) in [6.45, 7) is 4.08. The van der Waals surface area contributed by atoms with Crippen molar-refractivity contribution in [3.05, 3.63) is 29.6 Å². The van der Waals surface area contributed by atoms with Crippen LogP contribution in [0.4, 0.5) is 0 Å². The fourth-order valence-electron chi connectivity index (χ4n) is 3.50. The third-order valence-corrected chi connectivity index (χ3v) is 5.14. The summed E-state index contributed by atoms with van der Waals surface area (Å²) in [5.41, 5.74) is 2.26. The second-order valence-corrected chi connectivity index (χ2v) is 6.63. The number of aryl methyl sites for hydroxylation is 1. The Morgan fingerprint density at radius 2 is 2.08 bits per heavy atom. The van der Waals surface area contributed by atoms with E-state index in [1.165, 1.54) is 16.6 Å². The highest BCUT2D eigenvalue weighted by atomic mass is 16.5. The minimum absolute atomic E-state index is 0.0552. The van der Waals surface area contributed by atoms with Crippen molar-refractivity contribution in [2.24, 2.45) is 5.92 Å². The van der Waals surface area contributed by atoms with E-state index in [1.54, 1.807) is 14.2 Å². The van der Waals surface area contributed by atoms with Gasteiger partial charge >= 0.3 is 0 Å². The molecular weight excluding hydrogens is 334 g/mol. The topological polar surface area (TPSA) is 91.2 Å². The lowest BCUT2D eigenvalue weighted by Crippen LogP contribution is -2.38. The second-order valence-electron chi connectivity index (χ2n) is 6.63. The smallest absolute Gasteiger partial charge is 0.245 e. The highest BCUT2D eigenvalue weighted by Gasteiger charge is 2.32. The van der Waals surface area contributed by atoms with E-state index < -0.39 is 6.04 Å². The molecule has 0 bridgehead atoms. The van der Waals surface area contributed by atoms with Gasteiger partial charge in [-0.15, -0.1) is 5.10 Å². The van der Waals surface area contributed by atoms with Crippen LogP contribution in [-0.4, -0.2) is 40.3 Å². The largest absolute Gasteiger partial charge is 0.493 e. The van der Waals surface area contributed by atoms with E-state index in [0.29, 0.717) is 11.5 Å². The molecule has 1 unspecified atom stereocenters. The highest BCUT2D eigenvalue weighted by molar-refractivity contribution is 5.81. The summed E-state index contributed by atoms with van der Waals surface area (Å²) in [7, 11) is 3.24. The van der Waals surface area contributed by atoms with Crippen molar-refractivity contribution in [1.29, 1.82) is 0 Å². The average Bonchev–Trinajstić information content (AvgIpc) is 3.31. The number of aromatic nitrogens is 4. The first-order chi connectivity index (χ1) is 12.6. The molecule has 0 radical (unpaired) electrons. The number of methoxy groups -OCH3 is 2. The van der Waals surface area contributed by atoms with Crippen molar-refractivity contribution < 1.29 is 14.3 Å². The van der Waals surface area contributed by atoms with E-state index >= 15 is 0 Å². The van der Waals surface area contributed by atoms with Gasteiger partial charge < -0.3 is 14.8 Å². The van der Waals surface area contributed by atoms with Gasteiger partial charge in [-0.3, -0.25) is 4.79 Å². The zero-order chi connectivity index (χ0) is 18.7. The van der Waals surface area contributed by atoms with Crippen LogP contribution in [0.1, 0.15) is 49.9 Å². The molecule has 1 heterocycles. The van der Waals surface area contributed by atoms with Gasteiger partial charge in [-0.25, -0.2) is 4.68 Å². The molecule has 0 spiro atoms. The zero-order valence-corrected chi connectivity index (χ0v) is 15.6. The van der Waals surface area contributed by atoms with Crippen LogP contribution in [0.3, 0.4) is 0 Å². The molecule has 3 rings (SSSR count). The molecule has 1 amide bonds. The van der Waals surface area contributed by atoms with Crippen LogP contribution >= 0.6 is 0 Å². The average molecular weight is 359 g/mol. The number of carbonyl (C=O) groups excluding carboxylic acids is 1. The van der Waals surface area contributed by atoms with Gasteiger partial charge in [0.15, 0.2) is 11.5 Å². The molecule has 0 saturated heterocycles. The molecule has 8 nitrogen and oxygen atoms in total. The van der Waals surface area contributed by atoms with Crippen LogP contribution in [0.5, 0.6) is 11.5 Å². The number of hydrogen-bond acceptors (Lipinski definition) is 6. The Morgan fingerprint density at radius 3 is 2.69 bits per heavy atom. The van der Waals surface area contributed by atoms with Crippen LogP contribution in [0.15, 0.2) is 18.5 Å². The summed E-state index contributed by atoms with van der Waals surface area (Å²) in [4.78, 5) is 13.0. The van der Waals surface area contributed by atoms with Gasteiger partial charge in [-0.1, -0.05) is 20.3 Å². The Bertz CT molecular complexity index is 762. The number of carbonyl (C=O) groups is 1. The maximum Gasteiger partial charge on any atom is 0.245 e. The van der Waals surface area contributed by atoms with Crippen LogP contribution in [0.25, 0.3) is 0 Å². The molecule has 1 aromatic carbocycles. The molecule has 0 fully saturated rings. The Kier molecular flexibility index (Phi) is 5.39. The molecule has 1 aliphatic rings. The lowest BCUT2D eigenvalue weighted by atomic mass is 9.97. The third kappa shape index (κ3) is 3.36. The van der Waals surface area contributed by atoms with Crippen LogP contribution in [0.2, 0.25) is 0 Å². The van der Waals surface area contributed by atoms with Gasteiger partial charge in [-0.2, -0.15) is 0 Å². The number of fused-ring (bicyclic) bond motifs is 1. The van der Waals surface area contributed by atoms with Crippen LogP contribution in [-0.2, 0) is 11.2 Å². The van der Waals surface area contributed by atoms with Crippen molar-refractivity contribution in [3.63, 3.8) is 0 Å². The summed E-state index contributed by atoms with van der Waals surface area (Å²) < 4.78 is 12.3. The molecule has 3 atom stereocenters. The molecule has 8 heteroatoms. The van der Waals surface area contributed by atoms with Gasteiger partial charge in [0.05, 0.1) is 20.3 Å². The lowest BCUT2D eigenvalue weighted by Gasteiger charge is -2.24. The third-order valence-electron chi connectivity index (χ3n) is 5.14. The normalized spacial score (nSPS) is 18.1. The number of hydrogen-bond donors (Lipinski definition) is 1. The number of rotatable bonds is 7. The molecular formula is C18H25N5O3. The Labute approximate surface area is 152 Å². The van der Waals surface area contributed by atoms with Gasteiger partial charge in [0, 0.05) is 0 Å². The number of ether oxygens (including phenoxy) is 2. The Balaban J connectivity index is 1.83. The molecule has 1 N–H and O–H groups in total. The molecule has 1 aromatic heterocycles. The first-order valence-electron chi connectivity index (χ1n) is 8.86. The van der Waals surface area contributed by atoms with Gasteiger partial charge in [-0.05, 0) is 52.4 Å². The highest BCUT2D eigenvalue weighted by Crippen LogP contribution is 2.39. The van der Waals surface area contributed by atoms with E-state index in [9.17, 15) is 4.79 Å². The van der Waals surface area contributed by atoms with E-state index in [0.717, 1.165) is 24.8 Å². The van der Waals surface area contributed by atoms with Crippen molar-refractivity contribution in [2.45, 2.75) is 45.2 Å². The first-order valence-corrected chi connectivity index (χ1v) is 8.86. The van der Waals surface area contributed by atoms with Crippen molar-refractivity contribution in [1.82, 2.24) is 25.5 Å². The van der Waals surface area contributed by atoms with Crippen LogP contribution in [0, 0.1) is 5.92 Å². The van der Waals surface area contributed by atoms with E-state index in [-0.39, 0.29) is 17.9 Å². The number of amides is 1. The fraction of sp³-hybridized carbons (Fsp3) is 0.556. The Morgan fingerprint density at radius 1 is 1.35 bits per heavy atom. The maximum absolute atomic E-state index is 13.0. The van der Waals surface area contributed by atoms with Crippen molar-refractivity contribution >= 4 is 5.91 Å². The standard InChI is InChI=1S/C18H25N5O3/c1-5-11(2)17(23-10-19-21-22-23)18(24)20-14-7-6-12-8-15(25-3)16(26-4)9-13(12)14/h8-11,14,17H,5-7H2,1-4H3,(H,20,24)/t11-,14?,17-/m0/s1. The molecule has 0 saturated carbocycles. The number of tetrazole rings is 1. The van der Waals surface area contributed by atoms with Crippen LogP contribution < -0.4 is 14.8 Å². The number of benzene rings is 1. The first kappa shape index (κ1) is 18.2. The zero-order valence-electron chi connectivity index (χ0n) is 15.6. The quantitative estimate of drug-likeness (QED) is 0.814.